The van der Waals surface area contributed by atoms with Crippen molar-refractivity contribution in [3.05, 3.63) is 22.8 Å². The van der Waals surface area contributed by atoms with Crippen LogP contribution in [0, 0.1) is 11.8 Å². The monoisotopic (exact) mass is 522 g/mol. The molecule has 0 bridgehead atoms. The number of rotatable bonds is 6. The van der Waals surface area contributed by atoms with Gasteiger partial charge in [-0.1, -0.05) is 19.9 Å². The summed E-state index contributed by atoms with van der Waals surface area (Å²) in [5.74, 6) is -4.06. The zero-order chi connectivity index (χ0) is 28.1. The van der Waals surface area contributed by atoms with Crippen molar-refractivity contribution in [2.75, 3.05) is 0 Å². The third kappa shape index (κ3) is 4.58. The topological polar surface area (TPSA) is 146 Å². The summed E-state index contributed by atoms with van der Waals surface area (Å²) in [6.07, 6.45) is -1.63. The molecule has 1 saturated heterocycles. The minimum absolute atomic E-state index is 0.173. The highest BCUT2D eigenvalue weighted by molar-refractivity contribution is 5.88. The van der Waals surface area contributed by atoms with Crippen molar-refractivity contribution >= 4 is 23.9 Å². The highest BCUT2D eigenvalue weighted by Crippen LogP contribution is 2.56. The summed E-state index contributed by atoms with van der Waals surface area (Å²) in [5, 5.41) is 23.4. The molecule has 37 heavy (non-hydrogen) atoms. The number of allylic oxidation sites excluding steroid dienone is 1. The normalized spacial score (nSPS) is 38.2. The van der Waals surface area contributed by atoms with Gasteiger partial charge in [0.15, 0.2) is 17.3 Å². The Labute approximate surface area is 217 Å². The van der Waals surface area contributed by atoms with Crippen LogP contribution in [0.4, 0.5) is 0 Å². The van der Waals surface area contributed by atoms with Crippen LogP contribution in [-0.4, -0.2) is 69.2 Å². The molecule has 1 saturated carbocycles. The molecule has 1 heterocycles. The fourth-order valence-electron chi connectivity index (χ4n) is 5.60. The molecule has 0 radical (unpaired) electrons. The molecule has 0 aromatic rings. The number of ether oxygens (including phenoxy) is 4. The van der Waals surface area contributed by atoms with Crippen LogP contribution in [0.1, 0.15) is 74.7 Å². The quantitative estimate of drug-likeness (QED) is 0.231. The molecule has 0 aromatic carbocycles. The van der Waals surface area contributed by atoms with Crippen LogP contribution < -0.4 is 0 Å². The highest BCUT2D eigenvalue weighted by atomic mass is 16.6. The van der Waals surface area contributed by atoms with E-state index < -0.39 is 70.8 Å². The summed E-state index contributed by atoms with van der Waals surface area (Å²) in [5.41, 5.74) is -4.94. The number of hydrogen-bond donors (Lipinski definition) is 2. The lowest BCUT2D eigenvalue weighted by Gasteiger charge is -2.41. The maximum atomic E-state index is 12.9. The second-order valence-electron chi connectivity index (χ2n) is 10.8. The third-order valence-electron chi connectivity index (χ3n) is 8.32. The lowest BCUT2D eigenvalue weighted by atomic mass is 9.75. The molecule has 1 aliphatic heterocycles. The number of fused-ring (bicyclic) bond motifs is 3. The Balaban J connectivity index is 2.21. The van der Waals surface area contributed by atoms with Crippen molar-refractivity contribution in [1.29, 1.82) is 0 Å². The number of hydrogen-bond acceptors (Lipinski definition) is 10. The molecule has 8 atom stereocenters. The Morgan fingerprint density at radius 2 is 1.81 bits per heavy atom. The minimum Gasteiger partial charge on any atom is -0.459 e. The molecule has 0 aromatic heterocycles. The van der Waals surface area contributed by atoms with Gasteiger partial charge in [0.2, 0.25) is 0 Å². The van der Waals surface area contributed by atoms with Crippen LogP contribution >= 0.6 is 0 Å². The highest BCUT2D eigenvalue weighted by Gasteiger charge is 2.74. The second kappa shape index (κ2) is 9.87. The largest absolute Gasteiger partial charge is 0.459 e. The van der Waals surface area contributed by atoms with Crippen LogP contribution in [0.3, 0.4) is 0 Å². The van der Waals surface area contributed by atoms with Gasteiger partial charge in [0.1, 0.15) is 17.8 Å². The molecule has 3 rings (SSSR count). The third-order valence-corrected chi connectivity index (χ3v) is 8.32. The molecule has 3 aliphatic rings. The van der Waals surface area contributed by atoms with Gasteiger partial charge in [-0.2, -0.15) is 0 Å². The van der Waals surface area contributed by atoms with E-state index in [1.54, 1.807) is 47.6 Å². The SMILES string of the molecule is C/C=C(/C)C(=O)O[C@@H]1C[C@H]2C(=C1C)[C@@H]1OC(=O)[C@@](C)(O)[C@@]1(O)C(OC(=O)[C@@H](C)CC)C[C@]2(C)OC(C)=O. The van der Waals surface area contributed by atoms with Gasteiger partial charge in [0.25, 0.3) is 0 Å². The van der Waals surface area contributed by atoms with Crippen molar-refractivity contribution < 1.29 is 48.3 Å². The first-order valence-electron chi connectivity index (χ1n) is 12.6. The van der Waals surface area contributed by atoms with Crippen LogP contribution in [0.5, 0.6) is 0 Å². The van der Waals surface area contributed by atoms with Crippen LogP contribution in [0.2, 0.25) is 0 Å². The molecular formula is C27H38O10. The molecule has 2 aliphatic carbocycles. The van der Waals surface area contributed by atoms with E-state index in [0.717, 1.165) is 6.92 Å². The minimum atomic E-state index is -2.45. The summed E-state index contributed by atoms with van der Waals surface area (Å²) in [7, 11) is 0. The predicted octanol–water partition coefficient (Wildman–Crippen LogP) is 2.29. The summed E-state index contributed by atoms with van der Waals surface area (Å²) in [6, 6.07) is 0. The second-order valence-corrected chi connectivity index (χ2v) is 10.8. The standard InChI is InChI=1S/C27H38O10/c1-9-13(3)22(29)34-18-11-17-20(15(18)5)21-27(33,26(8,32)24(31)36-21)19(35-23(30)14(4)10-2)12-25(17,7)37-16(6)28/h9,14,17-19,21,32-33H,10-12H2,1-8H3/b13-9-/t14-,17-,18+,19?,21-,25-,26+,27+/m0/s1. The Bertz CT molecular complexity index is 1060. The first kappa shape index (κ1) is 28.8. The van der Waals surface area contributed by atoms with Gasteiger partial charge in [0, 0.05) is 24.8 Å². The van der Waals surface area contributed by atoms with E-state index in [-0.39, 0.29) is 12.8 Å². The summed E-state index contributed by atoms with van der Waals surface area (Å²) in [6.45, 7) is 12.4. The van der Waals surface area contributed by atoms with Crippen LogP contribution in [0.25, 0.3) is 0 Å². The molecule has 10 heteroatoms. The molecule has 1 unspecified atom stereocenters. The number of esters is 4. The van der Waals surface area contributed by atoms with Gasteiger partial charge in [0.05, 0.1) is 5.92 Å². The molecule has 206 valence electrons. The van der Waals surface area contributed by atoms with E-state index in [4.69, 9.17) is 18.9 Å². The van der Waals surface area contributed by atoms with Crippen LogP contribution in [0.15, 0.2) is 22.8 Å². The average Bonchev–Trinajstić information content (AvgIpc) is 3.20. The Kier molecular flexibility index (Phi) is 7.69. The molecule has 0 amide bonds. The van der Waals surface area contributed by atoms with Gasteiger partial charge >= 0.3 is 23.9 Å². The van der Waals surface area contributed by atoms with Crippen molar-refractivity contribution in [3.63, 3.8) is 0 Å². The first-order chi connectivity index (χ1) is 17.0. The number of carbonyl (C=O) groups is 4. The fraction of sp³-hybridized carbons (Fsp3) is 0.704. The van der Waals surface area contributed by atoms with Crippen molar-refractivity contribution in [2.24, 2.45) is 11.8 Å². The van der Waals surface area contributed by atoms with E-state index in [1.165, 1.54) is 6.92 Å². The van der Waals surface area contributed by atoms with Gasteiger partial charge in [-0.15, -0.1) is 0 Å². The van der Waals surface area contributed by atoms with E-state index in [0.29, 0.717) is 23.1 Å². The Morgan fingerprint density at radius 1 is 1.19 bits per heavy atom. The van der Waals surface area contributed by atoms with E-state index in [9.17, 15) is 29.4 Å². The van der Waals surface area contributed by atoms with E-state index in [1.807, 2.05) is 0 Å². The maximum Gasteiger partial charge on any atom is 0.341 e. The van der Waals surface area contributed by atoms with Gasteiger partial charge < -0.3 is 29.2 Å². The average molecular weight is 523 g/mol. The fourth-order valence-corrected chi connectivity index (χ4v) is 5.60. The molecule has 10 nitrogen and oxygen atoms in total. The summed E-state index contributed by atoms with van der Waals surface area (Å²) < 4.78 is 22.9. The lowest BCUT2D eigenvalue weighted by molar-refractivity contribution is -0.212. The molecule has 0 spiro atoms. The zero-order valence-corrected chi connectivity index (χ0v) is 22.7. The number of aliphatic hydroxyl groups is 2. The van der Waals surface area contributed by atoms with Crippen molar-refractivity contribution in [3.8, 4) is 0 Å². The zero-order valence-electron chi connectivity index (χ0n) is 22.7. The van der Waals surface area contributed by atoms with Gasteiger partial charge in [-0.05, 0) is 58.6 Å². The maximum absolute atomic E-state index is 12.9. The number of carbonyl (C=O) groups excluding carboxylic acids is 4. The van der Waals surface area contributed by atoms with E-state index in [2.05, 4.69) is 0 Å². The molecule has 2 N–H and O–H groups in total. The lowest BCUT2D eigenvalue weighted by Crippen LogP contribution is -2.64. The van der Waals surface area contributed by atoms with Crippen molar-refractivity contribution in [1.82, 2.24) is 0 Å². The Morgan fingerprint density at radius 3 is 2.35 bits per heavy atom. The first-order valence-corrected chi connectivity index (χ1v) is 12.6. The van der Waals surface area contributed by atoms with Crippen molar-refractivity contribution in [2.45, 2.75) is 110 Å². The van der Waals surface area contributed by atoms with E-state index >= 15 is 0 Å². The molecular weight excluding hydrogens is 484 g/mol. The molecule has 2 fully saturated rings. The summed E-state index contributed by atoms with van der Waals surface area (Å²) >= 11 is 0. The Hall–Kier alpha value is -2.72. The van der Waals surface area contributed by atoms with Crippen LogP contribution in [-0.2, 0) is 38.1 Å². The van der Waals surface area contributed by atoms with Gasteiger partial charge in [-0.25, -0.2) is 9.59 Å². The van der Waals surface area contributed by atoms with Gasteiger partial charge in [-0.3, -0.25) is 9.59 Å². The summed E-state index contributed by atoms with van der Waals surface area (Å²) in [4.78, 5) is 50.5. The predicted molar refractivity (Wildman–Crippen MR) is 130 cm³/mol. The smallest absolute Gasteiger partial charge is 0.341 e.